The summed E-state index contributed by atoms with van der Waals surface area (Å²) in [7, 11) is 0. The fourth-order valence-electron chi connectivity index (χ4n) is 2.97. The molecule has 0 bridgehead atoms. The number of halogens is 1. The SMILES string of the molecule is Cc1nc2nc(N(Cc3ccccc3)C(=O)c3ccc(F)cc3)[nH]n2c(=O)c1C. The average molecular weight is 391 g/mol. The predicted octanol–water partition coefficient (Wildman–Crippen LogP) is 3.02. The third-order valence-corrected chi connectivity index (χ3v) is 4.73. The lowest BCUT2D eigenvalue weighted by Gasteiger charge is -2.20. The van der Waals surface area contributed by atoms with Gasteiger partial charge in [0.25, 0.3) is 17.2 Å². The summed E-state index contributed by atoms with van der Waals surface area (Å²) in [5.41, 5.74) is 1.97. The van der Waals surface area contributed by atoms with Gasteiger partial charge >= 0.3 is 0 Å². The van der Waals surface area contributed by atoms with E-state index in [0.717, 1.165) is 5.56 Å². The number of aryl methyl sites for hydroxylation is 1. The van der Waals surface area contributed by atoms with Crippen LogP contribution in [0.15, 0.2) is 59.4 Å². The summed E-state index contributed by atoms with van der Waals surface area (Å²) in [6, 6.07) is 14.7. The van der Waals surface area contributed by atoms with Crippen molar-refractivity contribution in [1.29, 1.82) is 0 Å². The van der Waals surface area contributed by atoms with Crippen LogP contribution >= 0.6 is 0 Å². The zero-order valence-corrected chi connectivity index (χ0v) is 15.9. The van der Waals surface area contributed by atoms with Gasteiger partial charge in [0, 0.05) is 16.8 Å². The second-order valence-corrected chi connectivity index (χ2v) is 6.69. The minimum Gasteiger partial charge on any atom is -0.272 e. The maximum Gasteiger partial charge on any atom is 0.277 e. The van der Waals surface area contributed by atoms with Crippen molar-refractivity contribution in [3.8, 4) is 0 Å². The fourth-order valence-corrected chi connectivity index (χ4v) is 2.97. The summed E-state index contributed by atoms with van der Waals surface area (Å²) >= 11 is 0. The van der Waals surface area contributed by atoms with E-state index in [1.165, 1.54) is 33.7 Å². The van der Waals surface area contributed by atoms with Crippen molar-refractivity contribution >= 4 is 17.6 Å². The average Bonchev–Trinajstić information content (AvgIpc) is 3.15. The number of aromatic nitrogens is 4. The molecule has 146 valence electrons. The molecule has 0 saturated heterocycles. The first kappa shape index (κ1) is 18.5. The normalized spacial score (nSPS) is 11.0. The van der Waals surface area contributed by atoms with Crippen molar-refractivity contribution in [2.75, 3.05) is 4.90 Å². The molecule has 0 saturated carbocycles. The van der Waals surface area contributed by atoms with Gasteiger partial charge in [-0.15, -0.1) is 0 Å². The Morgan fingerprint density at radius 1 is 1.07 bits per heavy atom. The van der Waals surface area contributed by atoms with Gasteiger partial charge in [-0.25, -0.2) is 9.37 Å². The molecule has 0 aliphatic heterocycles. The molecule has 8 heteroatoms. The molecule has 0 atom stereocenters. The Morgan fingerprint density at radius 2 is 1.76 bits per heavy atom. The van der Waals surface area contributed by atoms with Crippen molar-refractivity contribution in [2.45, 2.75) is 20.4 Å². The van der Waals surface area contributed by atoms with Crippen molar-refractivity contribution in [2.24, 2.45) is 0 Å². The third kappa shape index (κ3) is 3.52. The van der Waals surface area contributed by atoms with Crippen LogP contribution in [0, 0.1) is 19.7 Å². The van der Waals surface area contributed by atoms with Crippen LogP contribution in [-0.4, -0.2) is 25.5 Å². The maximum atomic E-state index is 13.3. The summed E-state index contributed by atoms with van der Waals surface area (Å²) in [4.78, 5) is 35.8. The number of anilines is 1. The summed E-state index contributed by atoms with van der Waals surface area (Å²) < 4.78 is 14.5. The Bertz CT molecular complexity index is 1250. The second kappa shape index (κ2) is 7.31. The fraction of sp³-hybridized carbons (Fsp3) is 0.143. The molecule has 7 nitrogen and oxygen atoms in total. The number of hydrogen-bond acceptors (Lipinski definition) is 4. The molecule has 0 spiro atoms. The van der Waals surface area contributed by atoms with E-state index < -0.39 is 5.82 Å². The van der Waals surface area contributed by atoms with Crippen LogP contribution in [-0.2, 0) is 6.54 Å². The Morgan fingerprint density at radius 3 is 2.45 bits per heavy atom. The van der Waals surface area contributed by atoms with Gasteiger partial charge in [-0.05, 0) is 43.7 Å². The van der Waals surface area contributed by atoms with Crippen molar-refractivity contribution < 1.29 is 9.18 Å². The van der Waals surface area contributed by atoms with Gasteiger partial charge in [0.2, 0.25) is 5.95 Å². The molecule has 2 aromatic heterocycles. The zero-order chi connectivity index (χ0) is 20.5. The second-order valence-electron chi connectivity index (χ2n) is 6.69. The monoisotopic (exact) mass is 391 g/mol. The Kier molecular flexibility index (Phi) is 4.67. The van der Waals surface area contributed by atoms with Gasteiger partial charge in [0.15, 0.2) is 0 Å². The van der Waals surface area contributed by atoms with Crippen molar-refractivity contribution in [3.63, 3.8) is 0 Å². The molecule has 2 heterocycles. The van der Waals surface area contributed by atoms with Crippen LogP contribution in [0.4, 0.5) is 10.3 Å². The molecular weight excluding hydrogens is 373 g/mol. The van der Waals surface area contributed by atoms with Crippen molar-refractivity contribution in [3.05, 3.63) is 93.2 Å². The molecule has 0 aliphatic rings. The highest BCUT2D eigenvalue weighted by atomic mass is 19.1. The van der Waals surface area contributed by atoms with E-state index in [0.29, 0.717) is 16.8 Å². The highest BCUT2D eigenvalue weighted by molar-refractivity contribution is 6.05. The lowest BCUT2D eigenvalue weighted by atomic mass is 10.1. The largest absolute Gasteiger partial charge is 0.277 e. The van der Waals surface area contributed by atoms with Crippen LogP contribution < -0.4 is 10.5 Å². The Labute approximate surface area is 165 Å². The van der Waals surface area contributed by atoms with Crippen LogP contribution in [0.5, 0.6) is 0 Å². The molecule has 4 aromatic rings. The van der Waals surface area contributed by atoms with E-state index in [9.17, 15) is 14.0 Å². The smallest absolute Gasteiger partial charge is 0.272 e. The molecule has 1 N–H and O–H groups in total. The number of H-pyrrole nitrogens is 1. The highest BCUT2D eigenvalue weighted by Gasteiger charge is 2.23. The van der Waals surface area contributed by atoms with E-state index in [2.05, 4.69) is 15.1 Å². The standard InChI is InChI=1S/C21H18FN5O2/c1-13-14(2)23-20-24-21(25-27(20)18(13)28)26(12-15-6-4-3-5-7-15)19(29)16-8-10-17(22)11-9-16/h3-11H,12H2,1-2H3,(H,23,24,25). The van der Waals surface area contributed by atoms with Crippen LogP contribution in [0.1, 0.15) is 27.2 Å². The minimum absolute atomic E-state index is 0.178. The lowest BCUT2D eigenvalue weighted by molar-refractivity contribution is 0.0983. The van der Waals surface area contributed by atoms with E-state index in [1.54, 1.807) is 13.8 Å². The molecule has 2 aromatic carbocycles. The molecule has 1 amide bonds. The molecule has 29 heavy (non-hydrogen) atoms. The number of nitrogens with zero attached hydrogens (tertiary/aromatic N) is 4. The molecule has 4 rings (SSSR count). The lowest BCUT2D eigenvalue weighted by Crippen LogP contribution is -2.31. The number of benzene rings is 2. The first-order valence-corrected chi connectivity index (χ1v) is 9.01. The quantitative estimate of drug-likeness (QED) is 0.580. The van der Waals surface area contributed by atoms with Gasteiger partial charge in [0.1, 0.15) is 5.82 Å². The van der Waals surface area contributed by atoms with Gasteiger partial charge in [0.05, 0.1) is 6.54 Å². The van der Waals surface area contributed by atoms with Gasteiger partial charge in [-0.3, -0.25) is 19.6 Å². The van der Waals surface area contributed by atoms with Gasteiger partial charge in [-0.1, -0.05) is 30.3 Å². The number of hydrogen-bond donors (Lipinski definition) is 1. The van der Waals surface area contributed by atoms with Gasteiger partial charge in [-0.2, -0.15) is 9.50 Å². The molecule has 0 fully saturated rings. The summed E-state index contributed by atoms with van der Waals surface area (Å²) in [6.45, 7) is 3.63. The Hall–Kier alpha value is -3.81. The number of aromatic amines is 1. The predicted molar refractivity (Wildman–Crippen MR) is 106 cm³/mol. The molecule has 0 radical (unpaired) electrons. The Balaban J connectivity index is 1.82. The van der Waals surface area contributed by atoms with E-state index in [4.69, 9.17) is 0 Å². The van der Waals surface area contributed by atoms with E-state index in [-0.39, 0.29) is 29.7 Å². The number of carbonyl (C=O) groups is 1. The number of nitrogens with one attached hydrogen (secondary N) is 1. The molecule has 0 aliphatic carbocycles. The number of fused-ring (bicyclic) bond motifs is 1. The van der Waals surface area contributed by atoms with Crippen LogP contribution in [0.2, 0.25) is 0 Å². The summed E-state index contributed by atoms with van der Waals surface area (Å²) in [5, 5.41) is 2.88. The first-order valence-electron chi connectivity index (χ1n) is 9.01. The third-order valence-electron chi connectivity index (χ3n) is 4.73. The molecule has 0 unspecified atom stereocenters. The number of carbonyl (C=O) groups excluding carboxylic acids is 1. The maximum absolute atomic E-state index is 13.3. The van der Waals surface area contributed by atoms with Crippen LogP contribution in [0.25, 0.3) is 5.78 Å². The van der Waals surface area contributed by atoms with Gasteiger partial charge < -0.3 is 0 Å². The highest BCUT2D eigenvalue weighted by Crippen LogP contribution is 2.18. The number of rotatable bonds is 4. The van der Waals surface area contributed by atoms with Crippen molar-refractivity contribution in [1.82, 2.24) is 19.6 Å². The number of amides is 1. The summed E-state index contributed by atoms with van der Waals surface area (Å²) in [6.07, 6.45) is 0. The summed E-state index contributed by atoms with van der Waals surface area (Å²) in [5.74, 6) is -0.452. The van der Waals surface area contributed by atoms with Crippen LogP contribution in [0.3, 0.4) is 0 Å². The first-order chi connectivity index (χ1) is 13.9. The topological polar surface area (TPSA) is 83.4 Å². The minimum atomic E-state index is -0.429. The van der Waals surface area contributed by atoms with E-state index >= 15 is 0 Å². The van der Waals surface area contributed by atoms with E-state index in [1.807, 2.05) is 30.3 Å². The zero-order valence-electron chi connectivity index (χ0n) is 15.9. The molecular formula is C21H18FN5O2.